The average Bonchev–Trinajstić information content (AvgIpc) is 2.08. The van der Waals surface area contributed by atoms with Gasteiger partial charge in [0.1, 0.15) is 0 Å². The second-order valence-electron chi connectivity index (χ2n) is 3.70. The molecule has 3 nitrogen and oxygen atoms in total. The first-order valence-corrected chi connectivity index (χ1v) is 4.84. The van der Waals surface area contributed by atoms with Crippen LogP contribution in [0.2, 0.25) is 0 Å². The molecule has 1 amide bonds. The Hall–Kier alpha value is -0.540. The van der Waals surface area contributed by atoms with Gasteiger partial charge in [0.2, 0.25) is 5.91 Å². The minimum atomic E-state index is -0.165. The summed E-state index contributed by atoms with van der Waals surface area (Å²) in [5.74, 6) is 0.348. The first-order valence-electron chi connectivity index (χ1n) is 4.84. The molecule has 2 N–H and O–H groups in total. The summed E-state index contributed by atoms with van der Waals surface area (Å²) in [5, 5.41) is 0. The number of rotatable bonds is 4. The van der Waals surface area contributed by atoms with Gasteiger partial charge >= 0.3 is 0 Å². The smallest absolute Gasteiger partial charge is 0.217 e. The van der Waals surface area contributed by atoms with Crippen molar-refractivity contribution in [3.63, 3.8) is 0 Å². The monoisotopic (exact) mass is 218 g/mol. The van der Waals surface area contributed by atoms with Crippen molar-refractivity contribution < 1.29 is 4.79 Å². The number of nitrogens with zero attached hydrogens (tertiary/aromatic N) is 1. The molecule has 4 heteroatoms. The van der Waals surface area contributed by atoms with Crippen molar-refractivity contribution in [1.82, 2.24) is 4.90 Å². The highest BCUT2D eigenvalue weighted by molar-refractivity contribution is 5.85. The summed E-state index contributed by atoms with van der Waals surface area (Å²) in [6.45, 7) is 6.81. The van der Waals surface area contributed by atoms with E-state index >= 15 is 0 Å². The van der Waals surface area contributed by atoms with Gasteiger partial charge in [0.05, 0.1) is 0 Å². The summed E-state index contributed by atoms with van der Waals surface area (Å²) in [5.41, 5.74) is 5.15. The van der Waals surface area contributed by atoms with Crippen LogP contribution in [0.25, 0.3) is 0 Å². The van der Waals surface area contributed by atoms with Crippen molar-refractivity contribution in [3.8, 4) is 0 Å². The fourth-order valence-corrected chi connectivity index (χ4v) is 1.84. The summed E-state index contributed by atoms with van der Waals surface area (Å²) < 4.78 is 0. The minimum absolute atomic E-state index is 0. The molecule has 1 fully saturated rings. The van der Waals surface area contributed by atoms with Crippen LogP contribution >= 0.6 is 12.4 Å². The lowest BCUT2D eigenvalue weighted by Gasteiger charge is -2.30. The first kappa shape index (κ1) is 13.5. The van der Waals surface area contributed by atoms with Crippen molar-refractivity contribution in [1.29, 1.82) is 0 Å². The molecule has 0 atom stereocenters. The van der Waals surface area contributed by atoms with Crippen LogP contribution in [0.1, 0.15) is 19.3 Å². The molecule has 0 aromatic carbocycles. The number of carbonyl (C=O) groups excluding carboxylic acids is 1. The highest BCUT2D eigenvalue weighted by Gasteiger charge is 2.19. The summed E-state index contributed by atoms with van der Waals surface area (Å²) in [4.78, 5) is 13.0. The second kappa shape index (κ2) is 6.85. The predicted octanol–water partition coefficient (Wildman–Crippen LogP) is 1.18. The third-order valence-electron chi connectivity index (χ3n) is 2.58. The van der Waals surface area contributed by atoms with Crippen LogP contribution in [0.3, 0.4) is 0 Å². The molecule has 1 aliphatic heterocycles. The number of likely N-dealkylation sites (tertiary alicyclic amines) is 1. The van der Waals surface area contributed by atoms with Gasteiger partial charge in [0, 0.05) is 13.0 Å². The molecule has 0 radical (unpaired) electrons. The Balaban J connectivity index is 0.00000169. The molecule has 14 heavy (non-hydrogen) atoms. The molecule has 0 spiro atoms. The molecule has 82 valence electrons. The predicted molar refractivity (Wildman–Crippen MR) is 60.4 cm³/mol. The van der Waals surface area contributed by atoms with E-state index in [2.05, 4.69) is 11.5 Å². The summed E-state index contributed by atoms with van der Waals surface area (Å²) in [6, 6.07) is 0. The lowest BCUT2D eigenvalue weighted by Crippen LogP contribution is -2.35. The Labute approximate surface area is 91.7 Å². The SMILES string of the molecule is C=CCN1CCC(CC(N)=O)CC1.Cl. The van der Waals surface area contributed by atoms with E-state index in [-0.39, 0.29) is 18.3 Å². The topological polar surface area (TPSA) is 46.3 Å². The second-order valence-corrected chi connectivity index (χ2v) is 3.70. The van der Waals surface area contributed by atoms with Crippen molar-refractivity contribution in [3.05, 3.63) is 12.7 Å². The van der Waals surface area contributed by atoms with E-state index in [1.165, 1.54) is 0 Å². The van der Waals surface area contributed by atoms with Crippen molar-refractivity contribution in [2.24, 2.45) is 11.7 Å². The number of nitrogens with two attached hydrogens (primary N) is 1. The number of hydrogen-bond acceptors (Lipinski definition) is 2. The van der Waals surface area contributed by atoms with E-state index in [0.29, 0.717) is 12.3 Å². The Morgan fingerprint density at radius 1 is 1.50 bits per heavy atom. The number of piperidine rings is 1. The molecule has 0 aromatic heterocycles. The van der Waals surface area contributed by atoms with E-state index in [4.69, 9.17) is 5.73 Å². The van der Waals surface area contributed by atoms with E-state index in [0.717, 1.165) is 32.5 Å². The zero-order valence-corrected chi connectivity index (χ0v) is 9.26. The molecule has 0 saturated carbocycles. The van der Waals surface area contributed by atoms with Crippen LogP contribution in [0.4, 0.5) is 0 Å². The van der Waals surface area contributed by atoms with Crippen LogP contribution < -0.4 is 5.73 Å². The van der Waals surface area contributed by atoms with Gasteiger partial charge < -0.3 is 5.73 Å². The van der Waals surface area contributed by atoms with Gasteiger partial charge in [-0.3, -0.25) is 9.69 Å². The maximum Gasteiger partial charge on any atom is 0.217 e. The molecular formula is C10H19ClN2O. The maximum atomic E-state index is 10.7. The average molecular weight is 219 g/mol. The van der Waals surface area contributed by atoms with Crippen LogP contribution in [0, 0.1) is 5.92 Å². The van der Waals surface area contributed by atoms with E-state index in [1.807, 2.05) is 6.08 Å². The van der Waals surface area contributed by atoms with Crippen molar-refractivity contribution in [2.75, 3.05) is 19.6 Å². The summed E-state index contributed by atoms with van der Waals surface area (Å²) in [6.07, 6.45) is 4.67. The Morgan fingerprint density at radius 3 is 2.50 bits per heavy atom. The van der Waals surface area contributed by atoms with Gasteiger partial charge in [-0.1, -0.05) is 6.08 Å². The van der Waals surface area contributed by atoms with Crippen LogP contribution in [-0.4, -0.2) is 30.4 Å². The molecular weight excluding hydrogens is 200 g/mol. The van der Waals surface area contributed by atoms with Crippen LogP contribution in [-0.2, 0) is 4.79 Å². The fraction of sp³-hybridized carbons (Fsp3) is 0.700. The normalized spacial score (nSPS) is 18.6. The van der Waals surface area contributed by atoms with E-state index in [9.17, 15) is 4.79 Å². The molecule has 1 aliphatic rings. The largest absolute Gasteiger partial charge is 0.370 e. The molecule has 0 unspecified atom stereocenters. The van der Waals surface area contributed by atoms with Crippen molar-refractivity contribution >= 4 is 18.3 Å². The number of carbonyl (C=O) groups is 1. The third kappa shape index (κ3) is 4.63. The highest BCUT2D eigenvalue weighted by atomic mass is 35.5. The number of primary amides is 1. The lowest BCUT2D eigenvalue weighted by atomic mass is 9.93. The molecule has 0 aromatic rings. The van der Waals surface area contributed by atoms with Gasteiger partial charge in [0.25, 0.3) is 0 Å². The van der Waals surface area contributed by atoms with Crippen LogP contribution in [0.15, 0.2) is 12.7 Å². The lowest BCUT2D eigenvalue weighted by molar-refractivity contribution is -0.119. The molecule has 1 rings (SSSR count). The fourth-order valence-electron chi connectivity index (χ4n) is 1.84. The Bertz CT molecular complexity index is 189. The Morgan fingerprint density at radius 2 is 2.07 bits per heavy atom. The van der Waals surface area contributed by atoms with Gasteiger partial charge in [-0.15, -0.1) is 19.0 Å². The van der Waals surface area contributed by atoms with Crippen molar-refractivity contribution in [2.45, 2.75) is 19.3 Å². The number of amides is 1. The van der Waals surface area contributed by atoms with Gasteiger partial charge in [0.15, 0.2) is 0 Å². The molecule has 1 heterocycles. The van der Waals surface area contributed by atoms with Gasteiger partial charge in [-0.2, -0.15) is 0 Å². The molecule has 0 bridgehead atoms. The zero-order chi connectivity index (χ0) is 9.68. The standard InChI is InChI=1S/C10H18N2O.ClH/c1-2-5-12-6-3-9(4-7-12)8-10(11)13;/h2,9H,1,3-8H2,(H2,11,13);1H. The third-order valence-corrected chi connectivity index (χ3v) is 2.58. The quantitative estimate of drug-likeness (QED) is 0.721. The first-order chi connectivity index (χ1) is 6.22. The van der Waals surface area contributed by atoms with Gasteiger partial charge in [-0.25, -0.2) is 0 Å². The summed E-state index contributed by atoms with van der Waals surface area (Å²) in [7, 11) is 0. The summed E-state index contributed by atoms with van der Waals surface area (Å²) >= 11 is 0. The highest BCUT2D eigenvalue weighted by Crippen LogP contribution is 2.19. The van der Waals surface area contributed by atoms with Crippen LogP contribution in [0.5, 0.6) is 0 Å². The molecule has 0 aliphatic carbocycles. The number of halogens is 1. The minimum Gasteiger partial charge on any atom is -0.370 e. The van der Waals surface area contributed by atoms with Gasteiger partial charge in [-0.05, 0) is 31.8 Å². The number of hydrogen-bond donors (Lipinski definition) is 1. The zero-order valence-electron chi connectivity index (χ0n) is 8.45. The van der Waals surface area contributed by atoms with E-state index in [1.54, 1.807) is 0 Å². The molecule has 1 saturated heterocycles. The van der Waals surface area contributed by atoms with E-state index < -0.39 is 0 Å². The maximum absolute atomic E-state index is 10.7. The Kier molecular flexibility index (Phi) is 6.58.